The second-order valence-corrected chi connectivity index (χ2v) is 10.5. The number of hydrogen-bond acceptors (Lipinski definition) is 6. The third kappa shape index (κ3) is 5.44. The monoisotopic (exact) mass is 568 g/mol. The van der Waals surface area contributed by atoms with Crippen LogP contribution in [0.4, 0.5) is 0 Å². The standard InChI is InChI=1S/C27H26BrClN4O3/c1-16-11-23(36-15-17-7-6-8-18(12-17)35-5)24(28)25(34)33(16)22-13-21(31-14-19(22)29)20-9-10-30-26(32-20)27(2,3)4/h6-14H,15H2,1-5H3. The fourth-order valence-corrected chi connectivity index (χ4v) is 4.21. The Morgan fingerprint density at radius 3 is 2.58 bits per heavy atom. The van der Waals surface area contributed by atoms with Crippen molar-refractivity contribution in [2.24, 2.45) is 0 Å². The molecule has 0 fully saturated rings. The number of ether oxygens (including phenoxy) is 2. The van der Waals surface area contributed by atoms with Gasteiger partial charge in [-0.25, -0.2) is 9.97 Å². The molecule has 0 atom stereocenters. The molecule has 0 aliphatic rings. The molecule has 0 saturated heterocycles. The second kappa shape index (κ2) is 10.4. The molecule has 4 aromatic rings. The van der Waals surface area contributed by atoms with Gasteiger partial charge in [-0.3, -0.25) is 14.3 Å². The van der Waals surface area contributed by atoms with E-state index < -0.39 is 0 Å². The van der Waals surface area contributed by atoms with Crippen LogP contribution in [-0.4, -0.2) is 26.6 Å². The Hall–Kier alpha value is -3.23. The Morgan fingerprint density at radius 2 is 1.86 bits per heavy atom. The van der Waals surface area contributed by atoms with E-state index in [0.717, 1.165) is 11.3 Å². The van der Waals surface area contributed by atoms with Gasteiger partial charge in [-0.1, -0.05) is 44.5 Å². The van der Waals surface area contributed by atoms with Gasteiger partial charge < -0.3 is 9.47 Å². The molecule has 0 unspecified atom stereocenters. The first-order valence-corrected chi connectivity index (χ1v) is 12.4. The second-order valence-electron chi connectivity index (χ2n) is 9.28. The molecule has 0 aliphatic heterocycles. The van der Waals surface area contributed by atoms with E-state index >= 15 is 0 Å². The number of pyridine rings is 2. The Labute approximate surface area is 223 Å². The number of aryl methyl sites for hydroxylation is 1. The molecule has 4 rings (SSSR count). The molecule has 7 nitrogen and oxygen atoms in total. The highest BCUT2D eigenvalue weighted by atomic mass is 79.9. The minimum atomic E-state index is -0.298. The molecule has 36 heavy (non-hydrogen) atoms. The van der Waals surface area contributed by atoms with Crippen LogP contribution in [-0.2, 0) is 12.0 Å². The topological polar surface area (TPSA) is 79.1 Å². The third-order valence-corrected chi connectivity index (χ3v) is 6.51. The van der Waals surface area contributed by atoms with Gasteiger partial charge in [0.1, 0.15) is 28.4 Å². The largest absolute Gasteiger partial charge is 0.497 e. The van der Waals surface area contributed by atoms with Gasteiger partial charge in [-0.15, -0.1) is 0 Å². The summed E-state index contributed by atoms with van der Waals surface area (Å²) in [5.41, 5.74) is 2.79. The van der Waals surface area contributed by atoms with Crippen LogP contribution in [0.3, 0.4) is 0 Å². The van der Waals surface area contributed by atoms with Crippen LogP contribution in [0.1, 0.15) is 37.9 Å². The number of aromatic nitrogens is 4. The minimum absolute atomic E-state index is 0.218. The zero-order valence-corrected chi connectivity index (χ0v) is 23.0. The quantitative estimate of drug-likeness (QED) is 0.271. The summed E-state index contributed by atoms with van der Waals surface area (Å²) in [6.07, 6.45) is 3.24. The third-order valence-electron chi connectivity index (χ3n) is 5.49. The lowest BCUT2D eigenvalue weighted by Crippen LogP contribution is -2.22. The molecular formula is C27H26BrClN4O3. The lowest BCUT2D eigenvalue weighted by molar-refractivity contribution is 0.302. The van der Waals surface area contributed by atoms with Gasteiger partial charge in [-0.2, -0.15) is 0 Å². The summed E-state index contributed by atoms with van der Waals surface area (Å²) in [4.78, 5) is 26.9. The maximum absolute atomic E-state index is 13.4. The molecule has 0 radical (unpaired) electrons. The van der Waals surface area contributed by atoms with Crippen molar-refractivity contribution in [1.82, 2.24) is 19.5 Å². The Morgan fingerprint density at radius 1 is 1.08 bits per heavy atom. The highest BCUT2D eigenvalue weighted by molar-refractivity contribution is 9.10. The molecule has 1 aromatic carbocycles. The Balaban J connectivity index is 1.71. The van der Waals surface area contributed by atoms with Gasteiger partial charge in [0.05, 0.1) is 29.2 Å². The number of benzene rings is 1. The Bertz CT molecular complexity index is 1480. The average Bonchev–Trinajstić information content (AvgIpc) is 2.86. The smallest absolute Gasteiger partial charge is 0.273 e. The molecule has 0 aliphatic carbocycles. The summed E-state index contributed by atoms with van der Waals surface area (Å²) in [5.74, 6) is 1.88. The van der Waals surface area contributed by atoms with Crippen molar-refractivity contribution in [1.29, 1.82) is 0 Å². The van der Waals surface area contributed by atoms with Crippen LogP contribution in [0.25, 0.3) is 17.1 Å². The normalized spacial score (nSPS) is 11.4. The fraction of sp³-hybridized carbons (Fsp3) is 0.259. The van der Waals surface area contributed by atoms with E-state index in [1.165, 1.54) is 10.8 Å². The first-order valence-electron chi connectivity index (χ1n) is 11.3. The summed E-state index contributed by atoms with van der Waals surface area (Å²) in [5, 5.41) is 0.339. The number of rotatable bonds is 6. The summed E-state index contributed by atoms with van der Waals surface area (Å²) in [6, 6.07) is 12.9. The average molecular weight is 570 g/mol. The van der Waals surface area contributed by atoms with Gasteiger partial charge in [0.2, 0.25) is 0 Å². The van der Waals surface area contributed by atoms with Gasteiger partial charge in [0, 0.05) is 29.6 Å². The molecule has 0 spiro atoms. The molecule has 0 saturated carbocycles. The van der Waals surface area contributed by atoms with Gasteiger partial charge in [-0.05, 0) is 52.7 Å². The van der Waals surface area contributed by atoms with E-state index in [4.69, 9.17) is 21.1 Å². The number of halogens is 2. The van der Waals surface area contributed by atoms with Gasteiger partial charge in [0.25, 0.3) is 5.56 Å². The molecule has 9 heteroatoms. The predicted molar refractivity (Wildman–Crippen MR) is 144 cm³/mol. The first kappa shape index (κ1) is 25.9. The van der Waals surface area contributed by atoms with Crippen LogP contribution in [0, 0.1) is 6.92 Å². The van der Waals surface area contributed by atoms with E-state index in [1.807, 2.05) is 52.0 Å². The first-order chi connectivity index (χ1) is 17.1. The molecule has 186 valence electrons. The van der Waals surface area contributed by atoms with Gasteiger partial charge >= 0.3 is 0 Å². The molecule has 0 N–H and O–H groups in total. The van der Waals surface area contributed by atoms with Crippen molar-refractivity contribution in [2.75, 3.05) is 7.11 Å². The molecule has 3 heterocycles. The van der Waals surface area contributed by atoms with E-state index in [2.05, 4.69) is 30.9 Å². The molecule has 3 aromatic heterocycles. The number of methoxy groups -OCH3 is 1. The summed E-state index contributed by atoms with van der Waals surface area (Å²) in [7, 11) is 1.61. The fourth-order valence-electron chi connectivity index (χ4n) is 3.61. The van der Waals surface area contributed by atoms with Crippen molar-refractivity contribution in [2.45, 2.75) is 39.7 Å². The minimum Gasteiger partial charge on any atom is -0.497 e. The number of hydrogen-bond donors (Lipinski definition) is 0. The van der Waals surface area contributed by atoms with Crippen molar-refractivity contribution in [3.05, 3.63) is 91.8 Å². The summed E-state index contributed by atoms with van der Waals surface area (Å²) in [6.45, 7) is 8.25. The van der Waals surface area contributed by atoms with Crippen LogP contribution in [0.15, 0.2) is 64.1 Å². The van der Waals surface area contributed by atoms with Gasteiger partial charge in [0.15, 0.2) is 0 Å². The Kier molecular flexibility index (Phi) is 7.47. The summed E-state index contributed by atoms with van der Waals surface area (Å²) >= 11 is 9.94. The molecule has 0 bridgehead atoms. The highest BCUT2D eigenvalue weighted by Gasteiger charge is 2.20. The lowest BCUT2D eigenvalue weighted by atomic mass is 9.95. The number of nitrogens with zero attached hydrogens (tertiary/aromatic N) is 4. The summed E-state index contributed by atoms with van der Waals surface area (Å²) < 4.78 is 13.1. The van der Waals surface area contributed by atoms with Crippen molar-refractivity contribution >= 4 is 27.5 Å². The maximum atomic E-state index is 13.4. The predicted octanol–water partition coefficient (Wildman–Crippen LogP) is 6.30. The van der Waals surface area contributed by atoms with Crippen LogP contribution < -0.4 is 15.0 Å². The van der Waals surface area contributed by atoms with E-state index in [-0.39, 0.29) is 17.6 Å². The molecular weight excluding hydrogens is 544 g/mol. The SMILES string of the molecule is COc1cccc(COc2cc(C)n(-c3cc(-c4ccnc(C(C)(C)C)n4)ncc3Cl)c(=O)c2Br)c1. The van der Waals surface area contributed by atoms with Crippen molar-refractivity contribution in [3.8, 4) is 28.6 Å². The maximum Gasteiger partial charge on any atom is 0.273 e. The van der Waals surface area contributed by atoms with Crippen molar-refractivity contribution in [3.63, 3.8) is 0 Å². The van der Waals surface area contributed by atoms with Crippen LogP contribution >= 0.6 is 27.5 Å². The van der Waals surface area contributed by atoms with Crippen LogP contribution in [0.2, 0.25) is 5.02 Å². The van der Waals surface area contributed by atoms with Crippen LogP contribution in [0.5, 0.6) is 11.5 Å². The van der Waals surface area contributed by atoms with E-state index in [0.29, 0.717) is 43.8 Å². The van der Waals surface area contributed by atoms with E-state index in [9.17, 15) is 4.79 Å². The highest BCUT2D eigenvalue weighted by Crippen LogP contribution is 2.30. The zero-order valence-electron chi connectivity index (χ0n) is 20.7. The zero-order chi connectivity index (χ0) is 26.0. The lowest BCUT2D eigenvalue weighted by Gasteiger charge is -2.18. The van der Waals surface area contributed by atoms with Crippen molar-refractivity contribution < 1.29 is 9.47 Å². The molecule has 0 amide bonds. The van der Waals surface area contributed by atoms with E-state index in [1.54, 1.807) is 31.5 Å².